The van der Waals surface area contributed by atoms with Gasteiger partial charge in [0.25, 0.3) is 5.91 Å². The highest BCUT2D eigenvalue weighted by Gasteiger charge is 2.08. The van der Waals surface area contributed by atoms with E-state index in [-0.39, 0.29) is 12.5 Å². The van der Waals surface area contributed by atoms with Crippen molar-refractivity contribution in [1.29, 1.82) is 5.26 Å². The van der Waals surface area contributed by atoms with Gasteiger partial charge in [-0.15, -0.1) is 0 Å². The summed E-state index contributed by atoms with van der Waals surface area (Å²) in [5.74, 6) is 0.986. The van der Waals surface area contributed by atoms with Crippen LogP contribution < -0.4 is 10.1 Å². The summed E-state index contributed by atoms with van der Waals surface area (Å²) >= 11 is 0. The molecular weight excluding hydrogens is 318 g/mol. The molecule has 3 N–H and O–H groups in total. The van der Waals surface area contributed by atoms with Gasteiger partial charge in [0.15, 0.2) is 0 Å². The monoisotopic (exact) mass is 333 g/mol. The number of carbonyl (C=O) groups is 1. The predicted molar refractivity (Wildman–Crippen MR) is 92.3 cm³/mol. The number of H-pyrrole nitrogens is 1. The Bertz CT molecular complexity index is 906. The summed E-state index contributed by atoms with van der Waals surface area (Å²) in [4.78, 5) is 14.8. The molecule has 3 rings (SSSR count). The number of ether oxygens (including phenoxy) is 1. The van der Waals surface area contributed by atoms with Crippen LogP contribution in [-0.2, 0) is 6.61 Å². The Morgan fingerprint density at radius 3 is 2.32 bits per heavy atom. The zero-order chi connectivity index (χ0) is 17.6. The lowest BCUT2D eigenvalue weighted by molar-refractivity contribution is 0.102. The van der Waals surface area contributed by atoms with Crippen LogP contribution in [0.4, 0.5) is 5.69 Å². The van der Waals surface area contributed by atoms with E-state index in [0.717, 1.165) is 5.56 Å². The summed E-state index contributed by atoms with van der Waals surface area (Å²) < 4.78 is 5.70. The van der Waals surface area contributed by atoms with Crippen molar-refractivity contribution in [2.24, 2.45) is 0 Å². The van der Waals surface area contributed by atoms with Crippen LogP contribution in [0, 0.1) is 11.3 Å². The molecular formula is C19H15N3O3. The van der Waals surface area contributed by atoms with Gasteiger partial charge in [0.2, 0.25) is 0 Å². The Balaban J connectivity index is 1.63. The fourth-order valence-corrected chi connectivity index (χ4v) is 2.20. The minimum absolute atomic E-state index is 0.00826. The first-order chi connectivity index (χ1) is 12.2. The number of benzene rings is 2. The zero-order valence-corrected chi connectivity index (χ0v) is 13.2. The molecule has 0 saturated heterocycles. The van der Waals surface area contributed by atoms with E-state index in [9.17, 15) is 4.79 Å². The fraction of sp³-hybridized carbons (Fsp3) is 0.0526. The average Bonchev–Trinajstić information content (AvgIpc) is 3.13. The Kier molecular flexibility index (Phi) is 4.79. The van der Waals surface area contributed by atoms with Gasteiger partial charge in [-0.25, -0.2) is 0 Å². The summed E-state index contributed by atoms with van der Waals surface area (Å²) in [5, 5.41) is 20.5. The maximum Gasteiger partial charge on any atom is 0.257 e. The normalized spacial score (nSPS) is 10.1. The van der Waals surface area contributed by atoms with Gasteiger partial charge in [-0.1, -0.05) is 12.1 Å². The second kappa shape index (κ2) is 7.34. The number of anilines is 1. The number of carbonyl (C=O) groups excluding carboxylic acids is 1. The van der Waals surface area contributed by atoms with E-state index < -0.39 is 0 Å². The first-order valence-corrected chi connectivity index (χ1v) is 7.55. The molecule has 1 amide bonds. The summed E-state index contributed by atoms with van der Waals surface area (Å²) in [6.07, 6.45) is 1.49. The molecule has 0 bridgehead atoms. The van der Waals surface area contributed by atoms with E-state index in [2.05, 4.69) is 10.3 Å². The molecule has 0 aliphatic rings. The summed E-state index contributed by atoms with van der Waals surface area (Å²) in [6.45, 7) is -0.00826. The molecule has 0 aliphatic carbocycles. The highest BCUT2D eigenvalue weighted by molar-refractivity contribution is 6.04. The minimum atomic E-state index is -0.300. The van der Waals surface area contributed by atoms with E-state index in [0.29, 0.717) is 28.4 Å². The van der Waals surface area contributed by atoms with E-state index in [1.807, 2.05) is 6.07 Å². The molecule has 0 fully saturated rings. The van der Waals surface area contributed by atoms with Crippen molar-refractivity contribution in [2.45, 2.75) is 6.61 Å². The van der Waals surface area contributed by atoms with Crippen molar-refractivity contribution in [2.75, 3.05) is 5.32 Å². The fourth-order valence-electron chi connectivity index (χ4n) is 2.20. The van der Waals surface area contributed by atoms with Crippen molar-refractivity contribution < 1.29 is 14.6 Å². The number of aliphatic hydroxyl groups excluding tert-OH is 1. The highest BCUT2D eigenvalue weighted by atomic mass is 16.5. The number of hydrogen-bond acceptors (Lipinski definition) is 4. The third-order valence-corrected chi connectivity index (χ3v) is 3.52. The molecule has 6 heteroatoms. The molecule has 0 saturated carbocycles. The smallest absolute Gasteiger partial charge is 0.257 e. The number of nitriles is 1. The van der Waals surface area contributed by atoms with E-state index in [1.54, 1.807) is 48.5 Å². The number of hydrogen-bond donors (Lipinski definition) is 3. The van der Waals surface area contributed by atoms with Gasteiger partial charge in [0.05, 0.1) is 12.2 Å². The van der Waals surface area contributed by atoms with E-state index in [4.69, 9.17) is 15.1 Å². The Morgan fingerprint density at radius 2 is 1.76 bits per heavy atom. The second-order valence-corrected chi connectivity index (χ2v) is 5.30. The lowest BCUT2D eigenvalue weighted by Crippen LogP contribution is -2.10. The van der Waals surface area contributed by atoms with Gasteiger partial charge in [0, 0.05) is 11.9 Å². The quantitative estimate of drug-likeness (QED) is 0.666. The molecule has 0 radical (unpaired) electrons. The number of nitrogens with one attached hydrogen (secondary N) is 2. The molecule has 0 spiro atoms. The molecule has 1 aromatic heterocycles. The number of nitrogens with zero attached hydrogens (tertiary/aromatic N) is 1. The summed E-state index contributed by atoms with van der Waals surface area (Å²) in [6, 6.07) is 17.5. The molecule has 6 nitrogen and oxygen atoms in total. The van der Waals surface area contributed by atoms with Crippen LogP contribution in [0.1, 0.15) is 21.6 Å². The number of rotatable bonds is 5. The number of aromatic amines is 1. The third kappa shape index (κ3) is 4.05. The molecule has 0 atom stereocenters. The van der Waals surface area contributed by atoms with Gasteiger partial charge in [-0.2, -0.15) is 5.26 Å². The van der Waals surface area contributed by atoms with Crippen LogP contribution in [0.25, 0.3) is 0 Å². The van der Waals surface area contributed by atoms with Crippen molar-refractivity contribution >= 4 is 11.6 Å². The summed E-state index contributed by atoms with van der Waals surface area (Å²) in [7, 11) is 0. The van der Waals surface area contributed by atoms with Gasteiger partial charge in [-0.05, 0) is 48.0 Å². The van der Waals surface area contributed by atoms with Crippen molar-refractivity contribution in [1.82, 2.24) is 4.98 Å². The van der Waals surface area contributed by atoms with Gasteiger partial charge < -0.3 is 20.1 Å². The van der Waals surface area contributed by atoms with Gasteiger partial charge in [-0.3, -0.25) is 4.79 Å². The van der Waals surface area contributed by atoms with Crippen LogP contribution in [0.5, 0.6) is 11.5 Å². The van der Waals surface area contributed by atoms with Crippen molar-refractivity contribution in [3.8, 4) is 17.6 Å². The largest absolute Gasteiger partial charge is 0.457 e. The van der Waals surface area contributed by atoms with Crippen LogP contribution in [0.15, 0.2) is 60.8 Å². The SMILES string of the molecule is N#Cc1cc(C(=O)Nc2ccc(Oc3ccc(CO)cc3)cc2)c[nH]1. The lowest BCUT2D eigenvalue weighted by atomic mass is 10.2. The topological polar surface area (TPSA) is 98.1 Å². The molecule has 0 aliphatic heterocycles. The Morgan fingerprint density at radius 1 is 1.12 bits per heavy atom. The third-order valence-electron chi connectivity index (χ3n) is 3.52. The number of aromatic nitrogens is 1. The standard InChI is InChI=1S/C19H15N3O3/c20-10-16-9-14(11-21-16)19(24)22-15-3-7-18(8-4-15)25-17-5-1-13(12-23)2-6-17/h1-9,11,21,23H,12H2,(H,22,24). The lowest BCUT2D eigenvalue weighted by Gasteiger charge is -2.08. The highest BCUT2D eigenvalue weighted by Crippen LogP contribution is 2.23. The van der Waals surface area contributed by atoms with Crippen LogP contribution in [0.3, 0.4) is 0 Å². The molecule has 2 aromatic carbocycles. The summed E-state index contributed by atoms with van der Waals surface area (Å²) in [5.41, 5.74) is 2.16. The molecule has 0 unspecified atom stereocenters. The van der Waals surface area contributed by atoms with Gasteiger partial charge in [0.1, 0.15) is 23.3 Å². The predicted octanol–water partition coefficient (Wildman–Crippen LogP) is 3.42. The Labute approximate surface area is 144 Å². The van der Waals surface area contributed by atoms with E-state index >= 15 is 0 Å². The molecule has 25 heavy (non-hydrogen) atoms. The first-order valence-electron chi connectivity index (χ1n) is 7.55. The van der Waals surface area contributed by atoms with Crippen LogP contribution in [0.2, 0.25) is 0 Å². The van der Waals surface area contributed by atoms with Crippen LogP contribution >= 0.6 is 0 Å². The second-order valence-electron chi connectivity index (χ2n) is 5.30. The molecule has 3 aromatic rings. The molecule has 1 heterocycles. The maximum atomic E-state index is 12.1. The minimum Gasteiger partial charge on any atom is -0.457 e. The van der Waals surface area contributed by atoms with Crippen LogP contribution in [-0.4, -0.2) is 16.0 Å². The average molecular weight is 333 g/mol. The van der Waals surface area contributed by atoms with Crippen molar-refractivity contribution in [3.05, 3.63) is 77.6 Å². The Hall–Kier alpha value is -3.56. The maximum absolute atomic E-state index is 12.1. The van der Waals surface area contributed by atoms with Crippen molar-refractivity contribution in [3.63, 3.8) is 0 Å². The first kappa shape index (κ1) is 16.3. The zero-order valence-electron chi connectivity index (χ0n) is 13.2. The van der Waals surface area contributed by atoms with Gasteiger partial charge >= 0.3 is 0 Å². The molecule has 124 valence electrons. The number of amides is 1. The number of aliphatic hydroxyl groups is 1. The van der Waals surface area contributed by atoms with E-state index in [1.165, 1.54) is 12.3 Å².